The SMILES string of the molecule is Cc1cccc(CNC(C)C)c1OCCc1ccnn1C. The van der Waals surface area contributed by atoms with E-state index in [0.29, 0.717) is 12.6 Å². The van der Waals surface area contributed by atoms with Crippen molar-refractivity contribution >= 4 is 0 Å². The highest BCUT2D eigenvalue weighted by Crippen LogP contribution is 2.23. The normalized spacial score (nSPS) is 11.1. The summed E-state index contributed by atoms with van der Waals surface area (Å²) in [5.41, 5.74) is 3.59. The van der Waals surface area contributed by atoms with Gasteiger partial charge in [-0.1, -0.05) is 32.0 Å². The topological polar surface area (TPSA) is 39.1 Å². The van der Waals surface area contributed by atoms with Crippen LogP contribution in [0.5, 0.6) is 5.75 Å². The van der Waals surface area contributed by atoms with Gasteiger partial charge in [0.25, 0.3) is 0 Å². The van der Waals surface area contributed by atoms with Crippen molar-refractivity contribution in [3.63, 3.8) is 0 Å². The van der Waals surface area contributed by atoms with E-state index in [-0.39, 0.29) is 0 Å². The van der Waals surface area contributed by atoms with Crippen molar-refractivity contribution < 1.29 is 4.74 Å². The minimum atomic E-state index is 0.466. The van der Waals surface area contributed by atoms with Gasteiger partial charge in [0.2, 0.25) is 0 Å². The Morgan fingerprint density at radius 3 is 2.76 bits per heavy atom. The molecule has 2 rings (SSSR count). The van der Waals surface area contributed by atoms with E-state index in [4.69, 9.17) is 4.74 Å². The minimum absolute atomic E-state index is 0.466. The molecule has 0 bridgehead atoms. The number of nitrogens with one attached hydrogen (secondary N) is 1. The zero-order valence-electron chi connectivity index (χ0n) is 13.4. The lowest BCUT2D eigenvalue weighted by molar-refractivity contribution is 0.312. The number of ether oxygens (including phenoxy) is 1. The Bertz CT molecular complexity index is 575. The summed E-state index contributed by atoms with van der Waals surface area (Å²) >= 11 is 0. The molecule has 0 atom stereocenters. The third kappa shape index (κ3) is 4.33. The van der Waals surface area contributed by atoms with Gasteiger partial charge in [-0.2, -0.15) is 5.10 Å². The number of hydrogen-bond donors (Lipinski definition) is 1. The number of para-hydroxylation sites is 1. The zero-order chi connectivity index (χ0) is 15.2. The van der Waals surface area contributed by atoms with Crippen LogP contribution in [0.2, 0.25) is 0 Å². The lowest BCUT2D eigenvalue weighted by atomic mass is 10.1. The minimum Gasteiger partial charge on any atom is -0.493 e. The average Bonchev–Trinajstić information content (AvgIpc) is 2.84. The number of rotatable bonds is 7. The number of aromatic nitrogens is 2. The summed E-state index contributed by atoms with van der Waals surface area (Å²) in [5, 5.41) is 7.63. The van der Waals surface area contributed by atoms with Gasteiger partial charge in [-0.05, 0) is 18.6 Å². The molecule has 2 aromatic rings. The smallest absolute Gasteiger partial charge is 0.126 e. The molecular formula is C17H25N3O. The summed E-state index contributed by atoms with van der Waals surface area (Å²) in [4.78, 5) is 0. The quantitative estimate of drug-likeness (QED) is 0.851. The van der Waals surface area contributed by atoms with Crippen LogP contribution >= 0.6 is 0 Å². The summed E-state index contributed by atoms with van der Waals surface area (Å²) < 4.78 is 7.94. The molecule has 0 radical (unpaired) electrons. The van der Waals surface area contributed by atoms with Gasteiger partial charge in [0, 0.05) is 43.5 Å². The summed E-state index contributed by atoms with van der Waals surface area (Å²) in [6.07, 6.45) is 2.68. The van der Waals surface area contributed by atoms with E-state index in [2.05, 4.69) is 49.4 Å². The van der Waals surface area contributed by atoms with Crippen molar-refractivity contribution in [2.45, 2.75) is 39.8 Å². The van der Waals surface area contributed by atoms with Crippen molar-refractivity contribution in [1.82, 2.24) is 15.1 Å². The first kappa shape index (κ1) is 15.6. The van der Waals surface area contributed by atoms with Crippen LogP contribution < -0.4 is 10.1 Å². The van der Waals surface area contributed by atoms with E-state index in [1.165, 1.54) is 16.8 Å². The molecule has 0 spiro atoms. The summed E-state index contributed by atoms with van der Waals surface area (Å²) in [5.74, 6) is 1.01. The molecular weight excluding hydrogens is 262 g/mol. The molecule has 1 N–H and O–H groups in total. The Morgan fingerprint density at radius 1 is 1.29 bits per heavy atom. The monoisotopic (exact) mass is 287 g/mol. The van der Waals surface area contributed by atoms with Crippen LogP contribution in [-0.2, 0) is 20.0 Å². The van der Waals surface area contributed by atoms with Crippen LogP contribution in [0.1, 0.15) is 30.7 Å². The fraction of sp³-hybridized carbons (Fsp3) is 0.471. The third-order valence-corrected chi connectivity index (χ3v) is 3.52. The van der Waals surface area contributed by atoms with Crippen molar-refractivity contribution in [3.8, 4) is 5.75 Å². The number of benzene rings is 1. The first-order valence-electron chi connectivity index (χ1n) is 7.49. The van der Waals surface area contributed by atoms with Gasteiger partial charge in [0.05, 0.1) is 6.61 Å². The molecule has 1 heterocycles. The van der Waals surface area contributed by atoms with E-state index < -0.39 is 0 Å². The third-order valence-electron chi connectivity index (χ3n) is 3.52. The summed E-state index contributed by atoms with van der Waals surface area (Å²) in [6, 6.07) is 8.80. The second kappa shape index (κ2) is 7.27. The molecule has 0 amide bonds. The van der Waals surface area contributed by atoms with Crippen LogP contribution in [0.4, 0.5) is 0 Å². The predicted octanol–water partition coefficient (Wildman–Crippen LogP) is 2.85. The Kier molecular flexibility index (Phi) is 5.39. The molecule has 0 aliphatic carbocycles. The molecule has 0 fully saturated rings. The summed E-state index contributed by atoms with van der Waals surface area (Å²) in [7, 11) is 1.96. The van der Waals surface area contributed by atoms with Crippen LogP contribution in [-0.4, -0.2) is 22.4 Å². The predicted molar refractivity (Wildman–Crippen MR) is 85.6 cm³/mol. The maximum atomic E-state index is 6.05. The summed E-state index contributed by atoms with van der Waals surface area (Å²) in [6.45, 7) is 7.90. The fourth-order valence-corrected chi connectivity index (χ4v) is 2.28. The first-order chi connectivity index (χ1) is 10.1. The first-order valence-corrected chi connectivity index (χ1v) is 7.49. The number of nitrogens with zero attached hydrogens (tertiary/aromatic N) is 2. The van der Waals surface area contributed by atoms with Crippen molar-refractivity contribution in [3.05, 3.63) is 47.3 Å². The molecule has 0 saturated heterocycles. The van der Waals surface area contributed by atoms with Crippen molar-refractivity contribution in [2.24, 2.45) is 7.05 Å². The molecule has 4 heteroatoms. The van der Waals surface area contributed by atoms with E-state index in [1.807, 2.05) is 24.0 Å². The Labute approximate surface area is 127 Å². The lowest BCUT2D eigenvalue weighted by Crippen LogP contribution is -2.22. The average molecular weight is 287 g/mol. The molecule has 1 aromatic heterocycles. The molecule has 0 aliphatic rings. The molecule has 114 valence electrons. The van der Waals surface area contributed by atoms with E-state index in [9.17, 15) is 0 Å². The van der Waals surface area contributed by atoms with Gasteiger partial charge >= 0.3 is 0 Å². The highest BCUT2D eigenvalue weighted by Gasteiger charge is 2.08. The van der Waals surface area contributed by atoms with Crippen LogP contribution in [0, 0.1) is 6.92 Å². The van der Waals surface area contributed by atoms with Gasteiger partial charge in [-0.3, -0.25) is 4.68 Å². The molecule has 0 aliphatic heterocycles. The Hall–Kier alpha value is -1.81. The Morgan fingerprint density at radius 2 is 2.10 bits per heavy atom. The standard InChI is InChI=1S/C17H25N3O/c1-13(2)18-12-15-7-5-6-14(3)17(15)21-11-9-16-8-10-19-20(16)4/h5-8,10,13,18H,9,11-12H2,1-4H3. The van der Waals surface area contributed by atoms with Crippen molar-refractivity contribution in [1.29, 1.82) is 0 Å². The highest BCUT2D eigenvalue weighted by molar-refractivity contribution is 5.40. The second-order valence-electron chi connectivity index (χ2n) is 5.64. The van der Waals surface area contributed by atoms with Gasteiger partial charge in [0.15, 0.2) is 0 Å². The van der Waals surface area contributed by atoms with Gasteiger partial charge in [-0.15, -0.1) is 0 Å². The number of hydrogen-bond acceptors (Lipinski definition) is 3. The lowest BCUT2D eigenvalue weighted by Gasteiger charge is -2.16. The van der Waals surface area contributed by atoms with Crippen LogP contribution in [0.3, 0.4) is 0 Å². The number of aryl methyl sites for hydroxylation is 2. The molecule has 21 heavy (non-hydrogen) atoms. The van der Waals surface area contributed by atoms with E-state index in [1.54, 1.807) is 0 Å². The maximum Gasteiger partial charge on any atom is 0.126 e. The molecule has 0 saturated carbocycles. The van der Waals surface area contributed by atoms with Gasteiger partial charge < -0.3 is 10.1 Å². The highest BCUT2D eigenvalue weighted by atomic mass is 16.5. The maximum absolute atomic E-state index is 6.05. The van der Waals surface area contributed by atoms with Crippen molar-refractivity contribution in [2.75, 3.05) is 6.61 Å². The zero-order valence-corrected chi connectivity index (χ0v) is 13.4. The van der Waals surface area contributed by atoms with Crippen LogP contribution in [0.15, 0.2) is 30.5 Å². The fourth-order valence-electron chi connectivity index (χ4n) is 2.28. The van der Waals surface area contributed by atoms with Crippen LogP contribution in [0.25, 0.3) is 0 Å². The largest absolute Gasteiger partial charge is 0.493 e. The second-order valence-corrected chi connectivity index (χ2v) is 5.64. The molecule has 1 aromatic carbocycles. The van der Waals surface area contributed by atoms with Gasteiger partial charge in [0.1, 0.15) is 5.75 Å². The molecule has 4 nitrogen and oxygen atoms in total. The van der Waals surface area contributed by atoms with E-state index >= 15 is 0 Å². The molecule has 0 unspecified atom stereocenters. The Balaban J connectivity index is 1.99. The van der Waals surface area contributed by atoms with E-state index in [0.717, 1.165) is 18.7 Å². The van der Waals surface area contributed by atoms with Gasteiger partial charge in [-0.25, -0.2) is 0 Å².